The van der Waals surface area contributed by atoms with Gasteiger partial charge < -0.3 is 10.3 Å². The van der Waals surface area contributed by atoms with Crippen LogP contribution in [-0.2, 0) is 20.5 Å². The van der Waals surface area contributed by atoms with E-state index in [2.05, 4.69) is 9.97 Å². The molecule has 0 aromatic carbocycles. The van der Waals surface area contributed by atoms with E-state index in [-0.39, 0.29) is 0 Å². The Hall–Kier alpha value is -1.89. The van der Waals surface area contributed by atoms with Gasteiger partial charge in [0.2, 0.25) is 0 Å². The molecule has 2 aromatic heterocycles. The topological polar surface area (TPSA) is 98.7 Å². The predicted molar refractivity (Wildman–Crippen MR) is 68.5 cm³/mol. The van der Waals surface area contributed by atoms with Crippen molar-refractivity contribution in [2.45, 2.75) is 25.8 Å². The molecule has 0 bridgehead atoms. The third-order valence-electron chi connectivity index (χ3n) is 2.84. The van der Waals surface area contributed by atoms with Crippen molar-refractivity contribution in [3.63, 3.8) is 0 Å². The highest BCUT2D eigenvalue weighted by atomic mass is 16.2. The molecule has 0 saturated carbocycles. The van der Waals surface area contributed by atoms with Gasteiger partial charge in [0.1, 0.15) is 5.82 Å². The van der Waals surface area contributed by atoms with Crippen LogP contribution in [0.25, 0.3) is 11.2 Å². The lowest BCUT2D eigenvalue weighted by Gasteiger charge is -2.17. The fraction of sp³-hybridized carbons (Fsp3) is 0.545. The van der Waals surface area contributed by atoms with Crippen LogP contribution in [0.4, 0.5) is 0 Å². The van der Waals surface area contributed by atoms with E-state index in [1.807, 2.05) is 13.8 Å². The maximum absolute atomic E-state index is 11.8. The number of nitrogens with two attached hydrogens (primary N) is 1. The van der Waals surface area contributed by atoms with Crippen LogP contribution in [0.3, 0.4) is 0 Å². The number of aromatic nitrogens is 4. The number of rotatable bonds is 2. The lowest BCUT2D eigenvalue weighted by Crippen LogP contribution is -2.35. The summed E-state index contributed by atoms with van der Waals surface area (Å²) in [5.41, 5.74) is 5.40. The SMILES string of the molecule is Cn1c(CC(C)(C)N)nc2c1c(=O)[nH]c(=O)n2C. The quantitative estimate of drug-likeness (QED) is 0.733. The number of fused-ring (bicyclic) bond motifs is 1. The zero-order chi connectivity index (χ0) is 13.7. The van der Waals surface area contributed by atoms with Gasteiger partial charge in [-0.25, -0.2) is 9.78 Å². The molecule has 0 spiro atoms. The summed E-state index contributed by atoms with van der Waals surface area (Å²) in [6.45, 7) is 3.77. The summed E-state index contributed by atoms with van der Waals surface area (Å²) in [7, 11) is 3.32. The van der Waals surface area contributed by atoms with E-state index >= 15 is 0 Å². The first-order valence-electron chi connectivity index (χ1n) is 5.64. The first-order chi connectivity index (χ1) is 8.20. The summed E-state index contributed by atoms with van der Waals surface area (Å²) in [5, 5.41) is 0. The van der Waals surface area contributed by atoms with E-state index in [0.29, 0.717) is 23.4 Å². The Morgan fingerprint density at radius 3 is 2.44 bits per heavy atom. The zero-order valence-electron chi connectivity index (χ0n) is 10.9. The number of nitrogens with one attached hydrogen (secondary N) is 1. The Labute approximate surface area is 103 Å². The van der Waals surface area contributed by atoms with Gasteiger partial charge in [-0.05, 0) is 13.8 Å². The van der Waals surface area contributed by atoms with E-state index < -0.39 is 16.8 Å². The van der Waals surface area contributed by atoms with Gasteiger partial charge >= 0.3 is 5.69 Å². The molecule has 2 aromatic rings. The molecule has 7 heteroatoms. The number of imidazole rings is 1. The molecule has 3 N–H and O–H groups in total. The van der Waals surface area contributed by atoms with Crippen molar-refractivity contribution in [3.05, 3.63) is 26.7 Å². The maximum atomic E-state index is 11.8. The van der Waals surface area contributed by atoms with Crippen molar-refractivity contribution in [1.82, 2.24) is 19.1 Å². The summed E-state index contributed by atoms with van der Waals surface area (Å²) in [6, 6.07) is 0. The molecule has 0 amide bonds. The van der Waals surface area contributed by atoms with Crippen molar-refractivity contribution < 1.29 is 0 Å². The molecule has 0 saturated heterocycles. The van der Waals surface area contributed by atoms with Crippen LogP contribution in [0.5, 0.6) is 0 Å². The number of aromatic amines is 1. The number of aryl methyl sites for hydroxylation is 2. The van der Waals surface area contributed by atoms with Crippen LogP contribution in [0.15, 0.2) is 9.59 Å². The summed E-state index contributed by atoms with van der Waals surface area (Å²) in [5.74, 6) is 0.684. The third kappa shape index (κ3) is 1.97. The first-order valence-corrected chi connectivity index (χ1v) is 5.64. The monoisotopic (exact) mass is 251 g/mol. The van der Waals surface area contributed by atoms with Crippen molar-refractivity contribution in [3.8, 4) is 0 Å². The van der Waals surface area contributed by atoms with Crippen LogP contribution in [0, 0.1) is 0 Å². The number of hydrogen-bond donors (Lipinski definition) is 2. The summed E-state index contributed by atoms with van der Waals surface area (Å²) in [4.78, 5) is 29.9. The van der Waals surface area contributed by atoms with E-state index in [9.17, 15) is 9.59 Å². The maximum Gasteiger partial charge on any atom is 0.329 e. The highest BCUT2D eigenvalue weighted by Crippen LogP contribution is 2.13. The third-order valence-corrected chi connectivity index (χ3v) is 2.84. The van der Waals surface area contributed by atoms with Crippen LogP contribution in [0.1, 0.15) is 19.7 Å². The van der Waals surface area contributed by atoms with Gasteiger partial charge in [0.25, 0.3) is 5.56 Å². The smallest absolute Gasteiger partial charge is 0.325 e. The molecule has 7 nitrogen and oxygen atoms in total. The van der Waals surface area contributed by atoms with Gasteiger partial charge in [-0.2, -0.15) is 0 Å². The Kier molecular flexibility index (Phi) is 2.66. The second kappa shape index (κ2) is 3.81. The molecule has 0 atom stereocenters. The highest BCUT2D eigenvalue weighted by Gasteiger charge is 2.19. The van der Waals surface area contributed by atoms with E-state index in [4.69, 9.17) is 5.73 Å². The molecule has 0 fully saturated rings. The van der Waals surface area contributed by atoms with Gasteiger partial charge in [-0.15, -0.1) is 0 Å². The van der Waals surface area contributed by atoms with Crippen molar-refractivity contribution >= 4 is 11.2 Å². The lowest BCUT2D eigenvalue weighted by atomic mass is 10.0. The van der Waals surface area contributed by atoms with Gasteiger partial charge in [0.15, 0.2) is 11.2 Å². The summed E-state index contributed by atoms with van der Waals surface area (Å²) in [6.07, 6.45) is 0.520. The average molecular weight is 251 g/mol. The van der Waals surface area contributed by atoms with Crippen molar-refractivity contribution in [2.75, 3.05) is 0 Å². The minimum atomic E-state index is -0.468. The Morgan fingerprint density at radius 2 is 1.89 bits per heavy atom. The minimum absolute atomic E-state index is 0.380. The van der Waals surface area contributed by atoms with Gasteiger partial charge in [0.05, 0.1) is 0 Å². The second-order valence-electron chi connectivity index (χ2n) is 5.24. The van der Waals surface area contributed by atoms with E-state index in [1.165, 1.54) is 4.57 Å². The van der Waals surface area contributed by atoms with Crippen LogP contribution in [0.2, 0.25) is 0 Å². The molecular weight excluding hydrogens is 234 g/mol. The fourth-order valence-electron chi connectivity index (χ4n) is 1.92. The van der Waals surface area contributed by atoms with Crippen molar-refractivity contribution in [1.29, 1.82) is 0 Å². The first kappa shape index (κ1) is 12.6. The van der Waals surface area contributed by atoms with Gasteiger partial charge in [-0.3, -0.25) is 14.3 Å². The molecule has 2 heterocycles. The zero-order valence-corrected chi connectivity index (χ0v) is 10.9. The Balaban J connectivity index is 2.78. The summed E-state index contributed by atoms with van der Waals surface area (Å²) < 4.78 is 3.01. The average Bonchev–Trinajstić information content (AvgIpc) is 2.51. The fourth-order valence-corrected chi connectivity index (χ4v) is 1.92. The summed E-state index contributed by atoms with van der Waals surface area (Å²) >= 11 is 0. The molecule has 0 aliphatic carbocycles. The Bertz CT molecular complexity index is 714. The van der Waals surface area contributed by atoms with E-state index in [0.717, 1.165) is 0 Å². The number of H-pyrrole nitrogens is 1. The van der Waals surface area contributed by atoms with Gasteiger partial charge in [-0.1, -0.05) is 0 Å². The largest absolute Gasteiger partial charge is 0.329 e. The van der Waals surface area contributed by atoms with E-state index in [1.54, 1.807) is 18.7 Å². The molecule has 98 valence electrons. The molecule has 0 aliphatic rings. The van der Waals surface area contributed by atoms with Gasteiger partial charge in [0, 0.05) is 26.1 Å². The highest BCUT2D eigenvalue weighted by molar-refractivity contribution is 5.70. The number of nitrogens with zero attached hydrogens (tertiary/aromatic N) is 3. The normalized spacial score (nSPS) is 12.3. The minimum Gasteiger partial charge on any atom is -0.325 e. The molecule has 18 heavy (non-hydrogen) atoms. The molecule has 0 unspecified atom stereocenters. The van der Waals surface area contributed by atoms with Crippen LogP contribution in [-0.4, -0.2) is 24.6 Å². The number of hydrogen-bond acceptors (Lipinski definition) is 4. The molecule has 0 radical (unpaired) electrons. The van der Waals surface area contributed by atoms with Crippen LogP contribution < -0.4 is 17.0 Å². The molecule has 2 rings (SSSR count). The standard InChI is InChI=1S/C11H17N5O2/c1-11(2,12)5-6-13-8-7(15(6)3)9(17)14-10(18)16(8)4/h5,12H2,1-4H3,(H,14,17,18). The lowest BCUT2D eigenvalue weighted by molar-refractivity contribution is 0.495. The molecular formula is C11H17N5O2. The Morgan fingerprint density at radius 1 is 1.28 bits per heavy atom. The predicted octanol–water partition coefficient (Wildman–Crippen LogP) is -0.760. The second-order valence-corrected chi connectivity index (χ2v) is 5.24. The van der Waals surface area contributed by atoms with Crippen LogP contribution >= 0.6 is 0 Å². The van der Waals surface area contributed by atoms with Crippen molar-refractivity contribution in [2.24, 2.45) is 19.8 Å². The molecule has 0 aliphatic heterocycles.